The number of aliphatic hydroxyl groups is 1. The molecule has 6 rings (SSSR count). The molecule has 218 valence electrons. The highest BCUT2D eigenvalue weighted by atomic mass is 16.6. The SMILES string of the molecule is CC[C@H](C)[C@H](CO)N1C(=O)[C@@H]2[C@H]3C(=O)OCCCC/C=C\[C@H]3O[C@@]23C=CCN(Cn2nnc4ccccc42)C(=O)C13. The Kier molecular flexibility index (Phi) is 7.41. The summed E-state index contributed by atoms with van der Waals surface area (Å²) in [4.78, 5) is 45.6. The predicted octanol–water partition coefficient (Wildman–Crippen LogP) is 2.06. The molecule has 0 saturated carbocycles. The van der Waals surface area contributed by atoms with Gasteiger partial charge in [-0.05, 0) is 37.3 Å². The Hall–Kier alpha value is -3.57. The van der Waals surface area contributed by atoms with Gasteiger partial charge in [0.15, 0.2) is 0 Å². The third-order valence-electron chi connectivity index (χ3n) is 9.19. The van der Waals surface area contributed by atoms with Crippen LogP contribution in [0.15, 0.2) is 48.6 Å². The van der Waals surface area contributed by atoms with E-state index in [2.05, 4.69) is 10.3 Å². The quantitative estimate of drug-likeness (QED) is 0.418. The molecular weight excluding hydrogens is 526 g/mol. The van der Waals surface area contributed by atoms with Crippen molar-refractivity contribution in [1.82, 2.24) is 24.8 Å². The molecule has 1 spiro atoms. The molecule has 4 aliphatic heterocycles. The first-order chi connectivity index (χ1) is 19.9. The standard InChI is InChI=1S/C30H37N5O6/c1-3-19(2)22(17-36)35-26-28(38)33(18-34-21-12-8-7-11-20(21)31-32-34)15-10-14-30(26)25(27(35)37)24-23(41-30)13-6-4-5-9-16-40-29(24)39/h6-8,10-14,19,22-26,36H,3-5,9,15-18H2,1-2H3/b13-6-/t19-,22-,23+,24-,25-,26?,30-/m0/s1. The minimum atomic E-state index is -1.39. The largest absolute Gasteiger partial charge is 0.465 e. The highest BCUT2D eigenvalue weighted by Gasteiger charge is 2.72. The van der Waals surface area contributed by atoms with Crippen molar-refractivity contribution in [2.45, 2.75) is 70.0 Å². The molecular formula is C30H37N5O6. The minimum Gasteiger partial charge on any atom is -0.465 e. The molecule has 1 N–H and O–H groups in total. The number of carbonyl (C=O) groups excluding carboxylic acids is 3. The van der Waals surface area contributed by atoms with E-state index in [0.717, 1.165) is 24.8 Å². The number of cyclic esters (lactones) is 1. The van der Waals surface area contributed by atoms with Crippen LogP contribution < -0.4 is 0 Å². The summed E-state index contributed by atoms with van der Waals surface area (Å²) in [5.41, 5.74) is 0.106. The first-order valence-corrected chi connectivity index (χ1v) is 14.6. The Balaban J connectivity index is 1.44. The summed E-state index contributed by atoms with van der Waals surface area (Å²) in [6.07, 6.45) is 9.88. The monoisotopic (exact) mass is 563 g/mol. The number of hydrogen-bond donors (Lipinski definition) is 1. The van der Waals surface area contributed by atoms with E-state index in [4.69, 9.17) is 9.47 Å². The number of amides is 2. The molecule has 11 heteroatoms. The number of para-hydroxylation sites is 1. The van der Waals surface area contributed by atoms with E-state index in [1.54, 1.807) is 15.7 Å². The second kappa shape index (κ2) is 11.0. The fourth-order valence-corrected chi connectivity index (χ4v) is 6.88. The summed E-state index contributed by atoms with van der Waals surface area (Å²) in [6.45, 7) is 4.27. The molecule has 0 radical (unpaired) electrons. The number of carbonyl (C=O) groups is 3. The number of aromatic nitrogens is 3. The van der Waals surface area contributed by atoms with E-state index in [0.29, 0.717) is 11.9 Å². The second-order valence-electron chi connectivity index (χ2n) is 11.5. The zero-order valence-corrected chi connectivity index (χ0v) is 23.5. The number of hydrogen-bond acceptors (Lipinski definition) is 8. The summed E-state index contributed by atoms with van der Waals surface area (Å²) in [5, 5.41) is 19.0. The van der Waals surface area contributed by atoms with Crippen molar-refractivity contribution in [2.24, 2.45) is 17.8 Å². The third-order valence-corrected chi connectivity index (χ3v) is 9.19. The van der Waals surface area contributed by atoms with Crippen LogP contribution >= 0.6 is 0 Å². The Bertz CT molecular complexity index is 1390. The van der Waals surface area contributed by atoms with Crippen molar-refractivity contribution in [3.05, 3.63) is 48.6 Å². The van der Waals surface area contributed by atoms with Gasteiger partial charge in [0.2, 0.25) is 5.91 Å². The smallest absolute Gasteiger partial charge is 0.312 e. The molecule has 1 aromatic carbocycles. The molecule has 0 aliphatic carbocycles. The first-order valence-electron chi connectivity index (χ1n) is 14.6. The van der Waals surface area contributed by atoms with Gasteiger partial charge < -0.3 is 24.4 Å². The highest BCUT2D eigenvalue weighted by Crippen LogP contribution is 2.54. The van der Waals surface area contributed by atoms with Gasteiger partial charge in [-0.2, -0.15) is 0 Å². The summed E-state index contributed by atoms with van der Waals surface area (Å²) in [5.74, 6) is -3.14. The summed E-state index contributed by atoms with van der Waals surface area (Å²) in [7, 11) is 0. The first kappa shape index (κ1) is 27.6. The Morgan fingerprint density at radius 3 is 2.78 bits per heavy atom. The summed E-state index contributed by atoms with van der Waals surface area (Å²) in [6, 6.07) is 5.81. The van der Waals surface area contributed by atoms with Gasteiger partial charge in [-0.3, -0.25) is 14.4 Å². The molecule has 2 fully saturated rings. The van der Waals surface area contributed by atoms with Gasteiger partial charge in [-0.1, -0.05) is 61.9 Å². The number of nitrogens with zero attached hydrogens (tertiary/aromatic N) is 5. The zero-order chi connectivity index (χ0) is 28.7. The molecule has 2 aromatic rings. The molecule has 2 saturated heterocycles. The van der Waals surface area contributed by atoms with Gasteiger partial charge in [0.25, 0.3) is 5.91 Å². The fraction of sp³-hybridized carbons (Fsp3) is 0.567. The van der Waals surface area contributed by atoms with E-state index in [1.165, 1.54) is 4.90 Å². The molecule has 5 heterocycles. The number of benzene rings is 1. The van der Waals surface area contributed by atoms with Crippen molar-refractivity contribution in [2.75, 3.05) is 19.8 Å². The molecule has 7 atom stereocenters. The lowest BCUT2D eigenvalue weighted by atomic mass is 9.78. The molecule has 11 nitrogen and oxygen atoms in total. The average molecular weight is 564 g/mol. The van der Waals surface area contributed by atoms with Crippen LogP contribution in [0.4, 0.5) is 0 Å². The number of esters is 1. The number of rotatable bonds is 6. The van der Waals surface area contributed by atoms with Crippen LogP contribution in [0.1, 0.15) is 39.5 Å². The van der Waals surface area contributed by atoms with Gasteiger partial charge in [0.1, 0.15) is 29.7 Å². The second-order valence-corrected chi connectivity index (χ2v) is 11.5. The van der Waals surface area contributed by atoms with Crippen LogP contribution in [0.25, 0.3) is 11.0 Å². The molecule has 2 amide bonds. The van der Waals surface area contributed by atoms with Crippen molar-refractivity contribution in [3.63, 3.8) is 0 Å². The summed E-state index contributed by atoms with van der Waals surface area (Å²) < 4.78 is 14.0. The summed E-state index contributed by atoms with van der Waals surface area (Å²) >= 11 is 0. The Morgan fingerprint density at radius 1 is 1.15 bits per heavy atom. The minimum absolute atomic E-state index is 0.0979. The Labute approximate surface area is 238 Å². The topological polar surface area (TPSA) is 127 Å². The number of likely N-dealkylation sites (tertiary alicyclic amines) is 1. The van der Waals surface area contributed by atoms with E-state index in [-0.39, 0.29) is 44.2 Å². The highest BCUT2D eigenvalue weighted by molar-refractivity contribution is 5.99. The number of fused-ring (bicyclic) bond motifs is 3. The van der Waals surface area contributed by atoms with Crippen LogP contribution in [-0.4, -0.2) is 91.2 Å². The normalized spacial score (nSPS) is 32.2. The third kappa shape index (κ3) is 4.46. The predicted molar refractivity (Wildman–Crippen MR) is 148 cm³/mol. The van der Waals surface area contributed by atoms with E-state index in [1.807, 2.05) is 56.3 Å². The van der Waals surface area contributed by atoms with Crippen LogP contribution in [0.2, 0.25) is 0 Å². The van der Waals surface area contributed by atoms with Crippen molar-refractivity contribution >= 4 is 28.8 Å². The zero-order valence-electron chi connectivity index (χ0n) is 23.5. The van der Waals surface area contributed by atoms with E-state index in [9.17, 15) is 19.5 Å². The van der Waals surface area contributed by atoms with Gasteiger partial charge >= 0.3 is 5.97 Å². The van der Waals surface area contributed by atoms with Gasteiger partial charge in [-0.15, -0.1) is 5.10 Å². The van der Waals surface area contributed by atoms with Gasteiger partial charge in [0, 0.05) is 6.54 Å². The lowest BCUT2D eigenvalue weighted by molar-refractivity contribution is -0.157. The maximum atomic E-state index is 14.6. The van der Waals surface area contributed by atoms with Gasteiger partial charge in [0.05, 0.1) is 36.8 Å². The average Bonchev–Trinajstić information content (AvgIpc) is 3.57. The van der Waals surface area contributed by atoms with Crippen LogP contribution in [0.3, 0.4) is 0 Å². The number of aliphatic hydroxyl groups excluding tert-OH is 1. The van der Waals surface area contributed by atoms with E-state index < -0.39 is 41.6 Å². The molecule has 0 bridgehead atoms. The van der Waals surface area contributed by atoms with E-state index >= 15 is 0 Å². The maximum absolute atomic E-state index is 14.6. The fourth-order valence-electron chi connectivity index (χ4n) is 6.88. The lowest BCUT2D eigenvalue weighted by Gasteiger charge is -2.40. The molecule has 1 aromatic heterocycles. The van der Waals surface area contributed by atoms with Crippen LogP contribution in [-0.2, 0) is 30.5 Å². The van der Waals surface area contributed by atoms with Crippen LogP contribution in [0, 0.1) is 17.8 Å². The lowest BCUT2D eigenvalue weighted by Crippen LogP contribution is -2.59. The van der Waals surface area contributed by atoms with Crippen molar-refractivity contribution in [3.8, 4) is 0 Å². The van der Waals surface area contributed by atoms with Crippen molar-refractivity contribution in [1.29, 1.82) is 0 Å². The maximum Gasteiger partial charge on any atom is 0.312 e. The number of ether oxygens (including phenoxy) is 2. The molecule has 4 aliphatic rings. The molecule has 1 unspecified atom stereocenters. The van der Waals surface area contributed by atoms with Crippen molar-refractivity contribution < 1.29 is 29.0 Å². The van der Waals surface area contributed by atoms with Gasteiger partial charge in [-0.25, -0.2) is 4.68 Å². The molecule has 41 heavy (non-hydrogen) atoms. The van der Waals surface area contributed by atoms with Crippen LogP contribution in [0.5, 0.6) is 0 Å². The Morgan fingerprint density at radius 2 is 1.98 bits per heavy atom. The number of allylic oxidation sites excluding steroid dienone is 1.